The Hall–Kier alpha value is -3.97. The molecule has 0 radical (unpaired) electrons. The Morgan fingerprint density at radius 1 is 0.886 bits per heavy atom. The highest BCUT2D eigenvalue weighted by atomic mass is 32.2. The average Bonchev–Trinajstić information content (AvgIpc) is 3.35. The van der Waals surface area contributed by atoms with E-state index in [0.717, 1.165) is 38.8 Å². The first kappa shape index (κ1) is 31.5. The molecule has 3 aromatic carbocycles. The maximum absolute atomic E-state index is 13.5. The van der Waals surface area contributed by atoms with Crippen molar-refractivity contribution in [3.63, 3.8) is 0 Å². The number of halogens is 6. The molecule has 2 aliphatic heterocycles. The van der Waals surface area contributed by atoms with Crippen LogP contribution in [0.3, 0.4) is 0 Å². The number of amidine groups is 1. The molecule has 0 atom stereocenters. The highest BCUT2D eigenvalue weighted by molar-refractivity contribution is 8.18. The summed E-state index contributed by atoms with van der Waals surface area (Å²) in [7, 11) is 1.34. The van der Waals surface area contributed by atoms with Gasteiger partial charge in [0.1, 0.15) is 6.61 Å². The number of hydrogen-bond donors (Lipinski definition) is 0. The van der Waals surface area contributed by atoms with Gasteiger partial charge in [0.2, 0.25) is 0 Å². The molecular formula is C31H27F6N3O3S. The average molecular weight is 636 g/mol. The molecule has 6 nitrogen and oxygen atoms in total. The largest absolute Gasteiger partial charge is 0.493 e. The number of aliphatic imine (C=N–C) groups is 1. The third kappa shape index (κ3) is 7.56. The van der Waals surface area contributed by atoms with Crippen molar-refractivity contribution in [1.29, 1.82) is 0 Å². The van der Waals surface area contributed by atoms with Crippen LogP contribution in [-0.2, 0) is 30.3 Å². The zero-order valence-electron chi connectivity index (χ0n) is 23.4. The van der Waals surface area contributed by atoms with E-state index in [2.05, 4.69) is 26.9 Å². The summed E-state index contributed by atoms with van der Waals surface area (Å²) in [5, 5.41) is 0.629. The number of alkyl halides is 6. The molecule has 1 fully saturated rings. The molecule has 2 heterocycles. The van der Waals surface area contributed by atoms with Crippen LogP contribution in [0, 0.1) is 0 Å². The van der Waals surface area contributed by atoms with E-state index in [1.165, 1.54) is 30.5 Å². The number of thioether (sulfide) groups is 1. The van der Waals surface area contributed by atoms with Gasteiger partial charge in [-0.2, -0.15) is 31.3 Å². The minimum absolute atomic E-state index is 0.0719. The van der Waals surface area contributed by atoms with Gasteiger partial charge in [-0.05, 0) is 53.2 Å². The molecule has 0 aromatic heterocycles. The minimum Gasteiger partial charge on any atom is -0.493 e. The fraction of sp³-hybridized carbons (Fsp3) is 0.290. The van der Waals surface area contributed by atoms with Crippen LogP contribution in [0.1, 0.15) is 27.8 Å². The number of ether oxygens (including phenoxy) is 2. The van der Waals surface area contributed by atoms with Crippen LogP contribution < -0.4 is 9.47 Å². The van der Waals surface area contributed by atoms with Crippen molar-refractivity contribution in [2.75, 3.05) is 33.3 Å². The molecule has 3 aromatic rings. The van der Waals surface area contributed by atoms with E-state index in [4.69, 9.17) is 9.47 Å². The highest BCUT2D eigenvalue weighted by Crippen LogP contribution is 2.39. The van der Waals surface area contributed by atoms with Gasteiger partial charge in [-0.25, -0.2) is 0 Å². The Labute approximate surface area is 254 Å². The molecule has 44 heavy (non-hydrogen) atoms. The third-order valence-corrected chi connectivity index (χ3v) is 8.16. The molecule has 2 aliphatic rings. The van der Waals surface area contributed by atoms with Crippen molar-refractivity contribution in [3.05, 3.63) is 99.5 Å². The van der Waals surface area contributed by atoms with Gasteiger partial charge < -0.3 is 14.4 Å². The molecule has 0 unspecified atom stereocenters. The molecule has 0 aliphatic carbocycles. The van der Waals surface area contributed by atoms with E-state index in [1.54, 1.807) is 18.2 Å². The molecule has 13 heteroatoms. The first-order valence-electron chi connectivity index (χ1n) is 13.5. The number of amides is 1. The van der Waals surface area contributed by atoms with Gasteiger partial charge in [0.25, 0.3) is 5.91 Å². The fourth-order valence-corrected chi connectivity index (χ4v) is 5.78. The van der Waals surface area contributed by atoms with Crippen LogP contribution in [0.4, 0.5) is 26.3 Å². The summed E-state index contributed by atoms with van der Waals surface area (Å²) in [5.74, 6) is -0.123. The maximum atomic E-state index is 13.5. The number of methoxy groups -OCH3 is 1. The van der Waals surface area contributed by atoms with Crippen molar-refractivity contribution in [3.8, 4) is 11.5 Å². The quantitative estimate of drug-likeness (QED) is 0.204. The first-order valence-corrected chi connectivity index (χ1v) is 14.3. The topological polar surface area (TPSA) is 54.4 Å². The summed E-state index contributed by atoms with van der Waals surface area (Å²) >= 11 is 1.27. The lowest BCUT2D eigenvalue weighted by molar-refractivity contribution is -0.143. The van der Waals surface area contributed by atoms with Crippen LogP contribution >= 0.6 is 11.8 Å². The summed E-state index contributed by atoms with van der Waals surface area (Å²) < 4.78 is 90.4. The Morgan fingerprint density at radius 2 is 1.61 bits per heavy atom. The fourth-order valence-electron chi connectivity index (χ4n) is 4.81. The molecule has 0 N–H and O–H groups in total. The van der Waals surface area contributed by atoms with Gasteiger partial charge in [0, 0.05) is 38.3 Å². The summed E-state index contributed by atoms with van der Waals surface area (Å²) in [6.07, 6.45) is -8.30. The van der Waals surface area contributed by atoms with Crippen LogP contribution in [0.5, 0.6) is 11.5 Å². The molecule has 5 rings (SSSR count). The number of carbonyl (C=O) groups excluding carboxylic acids is 1. The summed E-state index contributed by atoms with van der Waals surface area (Å²) in [6.45, 7) is 3.33. The van der Waals surface area contributed by atoms with Crippen molar-refractivity contribution < 1.29 is 40.6 Å². The zero-order valence-corrected chi connectivity index (χ0v) is 24.2. The Morgan fingerprint density at radius 3 is 2.27 bits per heavy atom. The van der Waals surface area contributed by atoms with E-state index in [0.29, 0.717) is 21.7 Å². The van der Waals surface area contributed by atoms with Crippen LogP contribution in [0.15, 0.2) is 76.6 Å². The molecule has 232 valence electrons. The molecule has 0 saturated carbocycles. The van der Waals surface area contributed by atoms with Crippen molar-refractivity contribution in [2.24, 2.45) is 4.99 Å². The van der Waals surface area contributed by atoms with E-state index in [1.807, 2.05) is 18.2 Å². The van der Waals surface area contributed by atoms with Crippen LogP contribution in [-0.4, -0.2) is 54.2 Å². The predicted octanol–water partition coefficient (Wildman–Crippen LogP) is 7.10. The second-order valence-corrected chi connectivity index (χ2v) is 11.1. The summed E-state index contributed by atoms with van der Waals surface area (Å²) in [5.41, 5.74) is -1.48. The predicted molar refractivity (Wildman–Crippen MR) is 155 cm³/mol. The van der Waals surface area contributed by atoms with Gasteiger partial charge >= 0.3 is 12.4 Å². The van der Waals surface area contributed by atoms with Gasteiger partial charge in [-0.15, -0.1) is 0 Å². The number of benzene rings is 3. The van der Waals surface area contributed by atoms with Crippen molar-refractivity contribution in [2.45, 2.75) is 25.5 Å². The molecule has 1 amide bonds. The van der Waals surface area contributed by atoms with Crippen LogP contribution in [0.2, 0.25) is 0 Å². The molecule has 1 saturated heterocycles. The number of piperazine rings is 1. The van der Waals surface area contributed by atoms with Gasteiger partial charge in [0.15, 0.2) is 16.7 Å². The number of nitrogens with zero attached hydrogens (tertiary/aromatic N) is 3. The standard InChI is InChI=1S/C31H27F6N3O3S/c1-42-26-15-21(7-10-25(26)43-19-22-8-9-23(30(32,33)34)17-24(22)31(35,36)37)16-27-28(41)38-29(44-27)40-13-11-39(12-14-40)18-20-5-3-2-4-6-20/h2-10,15-17H,11-14,18-19H2,1H3. The maximum Gasteiger partial charge on any atom is 0.416 e. The van der Waals surface area contributed by atoms with E-state index < -0.39 is 35.6 Å². The smallest absolute Gasteiger partial charge is 0.416 e. The first-order chi connectivity index (χ1) is 20.9. The number of rotatable bonds is 7. The molecule has 0 spiro atoms. The summed E-state index contributed by atoms with van der Waals surface area (Å²) in [6, 6.07) is 16.2. The second-order valence-electron chi connectivity index (χ2n) is 10.1. The van der Waals surface area contributed by atoms with E-state index >= 15 is 0 Å². The lowest BCUT2D eigenvalue weighted by Crippen LogP contribution is -2.47. The van der Waals surface area contributed by atoms with Gasteiger partial charge in [-0.3, -0.25) is 9.69 Å². The Bertz CT molecular complexity index is 1570. The minimum atomic E-state index is -5.01. The SMILES string of the molecule is COc1cc(C=C2SC(N3CCN(Cc4ccccc4)CC3)=NC2=O)ccc1OCc1ccc(C(F)(F)F)cc1C(F)(F)F. The Kier molecular flexibility index (Phi) is 9.26. The van der Waals surface area contributed by atoms with E-state index in [-0.39, 0.29) is 23.5 Å². The van der Waals surface area contributed by atoms with Crippen molar-refractivity contribution >= 4 is 28.9 Å². The van der Waals surface area contributed by atoms with E-state index in [9.17, 15) is 31.1 Å². The molecular weight excluding hydrogens is 608 g/mol. The highest BCUT2D eigenvalue weighted by Gasteiger charge is 2.38. The van der Waals surface area contributed by atoms with Gasteiger partial charge in [-0.1, -0.05) is 42.5 Å². The number of carbonyl (C=O) groups is 1. The third-order valence-electron chi connectivity index (χ3n) is 7.11. The monoisotopic (exact) mass is 635 g/mol. The second kappa shape index (κ2) is 12.9. The van der Waals surface area contributed by atoms with Gasteiger partial charge in [0.05, 0.1) is 23.1 Å². The Balaban J connectivity index is 1.22. The van der Waals surface area contributed by atoms with Crippen LogP contribution in [0.25, 0.3) is 6.08 Å². The lowest BCUT2D eigenvalue weighted by atomic mass is 10.0. The number of hydrogen-bond acceptors (Lipinski definition) is 6. The normalized spacial score (nSPS) is 17.2. The molecule has 0 bridgehead atoms. The van der Waals surface area contributed by atoms with Crippen molar-refractivity contribution in [1.82, 2.24) is 9.80 Å². The lowest BCUT2D eigenvalue weighted by Gasteiger charge is -2.35. The summed E-state index contributed by atoms with van der Waals surface area (Å²) in [4.78, 5) is 21.8. The zero-order chi connectivity index (χ0) is 31.5.